The normalized spacial score (nSPS) is 11.1. The molecule has 4 aromatic rings. The Kier molecular flexibility index (Phi) is 3.54. The van der Waals surface area contributed by atoms with Gasteiger partial charge in [-0.2, -0.15) is 0 Å². The van der Waals surface area contributed by atoms with E-state index in [0.717, 1.165) is 27.9 Å². The van der Waals surface area contributed by atoms with Crippen LogP contribution in [-0.2, 0) is 0 Å². The van der Waals surface area contributed by atoms with Gasteiger partial charge in [-0.1, -0.05) is 23.7 Å². The highest BCUT2D eigenvalue weighted by atomic mass is 35.5. The summed E-state index contributed by atoms with van der Waals surface area (Å²) in [4.78, 5) is 11.9. The second-order valence-electron chi connectivity index (χ2n) is 5.61. The highest BCUT2D eigenvalue weighted by molar-refractivity contribution is 6.31. The molecule has 0 aliphatic heterocycles. The first-order valence-electron chi connectivity index (χ1n) is 7.49. The van der Waals surface area contributed by atoms with Crippen molar-refractivity contribution >= 4 is 22.6 Å². The van der Waals surface area contributed by atoms with Gasteiger partial charge in [0.1, 0.15) is 11.6 Å². The summed E-state index contributed by atoms with van der Waals surface area (Å²) < 4.78 is 14.6. The minimum Gasteiger partial charge on any atom is -0.338 e. The fourth-order valence-electron chi connectivity index (χ4n) is 2.75. The average Bonchev–Trinajstić information content (AvgIpc) is 2.98. The summed E-state index contributed by atoms with van der Waals surface area (Å²) in [6.07, 6.45) is 1.71. The Labute approximate surface area is 143 Å². The molecule has 0 saturated carbocycles. The highest BCUT2D eigenvalue weighted by Gasteiger charge is 2.13. The molecular weight excluding hydrogens is 325 g/mol. The summed E-state index contributed by atoms with van der Waals surface area (Å²) in [5.74, 6) is 0.136. The number of rotatable bonds is 2. The number of halogens is 2. The number of aryl methyl sites for hydroxylation is 1. The number of aromatic nitrogens is 3. The predicted octanol–water partition coefficient (Wildman–Crippen LogP) is 5.39. The number of nitrogens with one attached hydrogen (secondary N) is 1. The van der Waals surface area contributed by atoms with E-state index in [1.54, 1.807) is 30.5 Å². The third-order valence-electron chi connectivity index (χ3n) is 3.95. The molecule has 0 aliphatic rings. The van der Waals surface area contributed by atoms with E-state index in [4.69, 9.17) is 11.6 Å². The number of H-pyrrole nitrogens is 1. The van der Waals surface area contributed by atoms with Crippen molar-refractivity contribution in [3.05, 3.63) is 71.1 Å². The van der Waals surface area contributed by atoms with Gasteiger partial charge in [-0.15, -0.1) is 0 Å². The molecule has 2 aromatic carbocycles. The van der Waals surface area contributed by atoms with Gasteiger partial charge in [-0.3, -0.25) is 4.98 Å². The largest absolute Gasteiger partial charge is 0.338 e. The molecule has 0 aliphatic carbocycles. The van der Waals surface area contributed by atoms with Crippen LogP contribution in [0.15, 0.2) is 54.7 Å². The van der Waals surface area contributed by atoms with Crippen LogP contribution in [0.5, 0.6) is 0 Å². The van der Waals surface area contributed by atoms with Gasteiger partial charge in [0.15, 0.2) is 0 Å². The Morgan fingerprint density at radius 1 is 1.08 bits per heavy atom. The summed E-state index contributed by atoms with van der Waals surface area (Å²) in [6, 6.07) is 14.2. The van der Waals surface area contributed by atoms with Gasteiger partial charge in [0.05, 0.1) is 22.3 Å². The standard InChI is InChI=1S/C19H13ClFN3/c1-11-3-2-8-22-18(11)12-4-6-14(15(21)9-12)19-23-16-7-5-13(20)10-17(16)24-19/h2-10H,1H3,(H,23,24). The summed E-state index contributed by atoms with van der Waals surface area (Å²) in [7, 11) is 0. The van der Waals surface area contributed by atoms with Crippen LogP contribution in [0.4, 0.5) is 4.39 Å². The van der Waals surface area contributed by atoms with Crippen molar-refractivity contribution in [2.24, 2.45) is 0 Å². The fraction of sp³-hybridized carbons (Fsp3) is 0.0526. The minimum absolute atomic E-state index is 0.345. The van der Waals surface area contributed by atoms with E-state index in [1.165, 1.54) is 6.07 Å². The lowest BCUT2D eigenvalue weighted by molar-refractivity contribution is 0.630. The topological polar surface area (TPSA) is 41.6 Å². The van der Waals surface area contributed by atoms with E-state index in [9.17, 15) is 4.39 Å². The highest BCUT2D eigenvalue weighted by Crippen LogP contribution is 2.29. The number of nitrogens with zero attached hydrogens (tertiary/aromatic N) is 2. The molecule has 0 radical (unpaired) electrons. The molecule has 5 heteroatoms. The van der Waals surface area contributed by atoms with Gasteiger partial charge in [0.2, 0.25) is 0 Å². The lowest BCUT2D eigenvalue weighted by Gasteiger charge is -2.06. The van der Waals surface area contributed by atoms with Crippen LogP contribution >= 0.6 is 11.6 Å². The quantitative estimate of drug-likeness (QED) is 0.532. The molecule has 0 spiro atoms. The molecule has 0 amide bonds. The third kappa shape index (κ3) is 2.55. The molecule has 118 valence electrons. The number of aromatic amines is 1. The first-order chi connectivity index (χ1) is 11.6. The molecule has 0 fully saturated rings. The van der Waals surface area contributed by atoms with E-state index < -0.39 is 0 Å². The summed E-state index contributed by atoms with van der Waals surface area (Å²) in [5.41, 5.74) is 4.47. The van der Waals surface area contributed by atoms with E-state index in [2.05, 4.69) is 15.0 Å². The van der Waals surface area contributed by atoms with Crippen molar-refractivity contribution in [1.29, 1.82) is 0 Å². The molecule has 0 atom stereocenters. The zero-order valence-electron chi connectivity index (χ0n) is 12.8. The lowest BCUT2D eigenvalue weighted by atomic mass is 10.0. The second kappa shape index (κ2) is 5.73. The Balaban J connectivity index is 1.80. The summed E-state index contributed by atoms with van der Waals surface area (Å²) in [5, 5.41) is 0.610. The average molecular weight is 338 g/mol. The van der Waals surface area contributed by atoms with Crippen molar-refractivity contribution in [2.75, 3.05) is 0 Å². The van der Waals surface area contributed by atoms with E-state index in [0.29, 0.717) is 16.4 Å². The molecule has 1 N–H and O–H groups in total. The maximum Gasteiger partial charge on any atom is 0.141 e. The molecule has 0 unspecified atom stereocenters. The van der Waals surface area contributed by atoms with Crippen LogP contribution < -0.4 is 0 Å². The summed E-state index contributed by atoms with van der Waals surface area (Å²) >= 11 is 5.98. The SMILES string of the molecule is Cc1cccnc1-c1ccc(-c2nc3ccc(Cl)cc3[nH]2)c(F)c1. The van der Waals surface area contributed by atoms with Crippen LogP contribution in [0.1, 0.15) is 5.56 Å². The van der Waals surface area contributed by atoms with E-state index in [-0.39, 0.29) is 5.82 Å². The Hall–Kier alpha value is -2.72. The van der Waals surface area contributed by atoms with Crippen molar-refractivity contribution in [2.45, 2.75) is 6.92 Å². The number of imidazole rings is 1. The number of hydrogen-bond acceptors (Lipinski definition) is 2. The van der Waals surface area contributed by atoms with Crippen LogP contribution in [0.2, 0.25) is 5.02 Å². The lowest BCUT2D eigenvalue weighted by Crippen LogP contribution is -1.91. The molecule has 0 saturated heterocycles. The van der Waals surface area contributed by atoms with Gasteiger partial charge in [0, 0.05) is 16.8 Å². The number of benzene rings is 2. The van der Waals surface area contributed by atoms with Gasteiger partial charge >= 0.3 is 0 Å². The van der Waals surface area contributed by atoms with Crippen LogP contribution in [0, 0.1) is 12.7 Å². The van der Waals surface area contributed by atoms with Crippen LogP contribution in [0.25, 0.3) is 33.7 Å². The summed E-state index contributed by atoms with van der Waals surface area (Å²) in [6.45, 7) is 1.96. The van der Waals surface area contributed by atoms with Gasteiger partial charge in [-0.25, -0.2) is 9.37 Å². The zero-order valence-corrected chi connectivity index (χ0v) is 13.6. The Bertz CT molecular complexity index is 1060. The van der Waals surface area contributed by atoms with Crippen LogP contribution in [0.3, 0.4) is 0 Å². The van der Waals surface area contributed by atoms with Crippen molar-refractivity contribution in [3.63, 3.8) is 0 Å². The Morgan fingerprint density at radius 2 is 1.96 bits per heavy atom. The van der Waals surface area contributed by atoms with E-state index in [1.807, 2.05) is 25.1 Å². The molecule has 24 heavy (non-hydrogen) atoms. The molecule has 4 rings (SSSR count). The maximum atomic E-state index is 14.6. The number of hydrogen-bond donors (Lipinski definition) is 1. The maximum absolute atomic E-state index is 14.6. The molecule has 3 nitrogen and oxygen atoms in total. The molecule has 0 bridgehead atoms. The Morgan fingerprint density at radius 3 is 2.75 bits per heavy atom. The molecule has 2 aromatic heterocycles. The number of pyridine rings is 1. The van der Waals surface area contributed by atoms with E-state index >= 15 is 0 Å². The van der Waals surface area contributed by atoms with Crippen molar-refractivity contribution in [3.8, 4) is 22.6 Å². The first kappa shape index (κ1) is 14.8. The smallest absolute Gasteiger partial charge is 0.141 e. The second-order valence-corrected chi connectivity index (χ2v) is 6.05. The zero-order chi connectivity index (χ0) is 16.7. The molecule has 2 heterocycles. The number of fused-ring (bicyclic) bond motifs is 1. The predicted molar refractivity (Wildman–Crippen MR) is 94.5 cm³/mol. The van der Waals surface area contributed by atoms with Gasteiger partial charge in [0.25, 0.3) is 0 Å². The van der Waals surface area contributed by atoms with Crippen LogP contribution in [-0.4, -0.2) is 15.0 Å². The first-order valence-corrected chi connectivity index (χ1v) is 7.87. The van der Waals surface area contributed by atoms with Crippen molar-refractivity contribution in [1.82, 2.24) is 15.0 Å². The van der Waals surface area contributed by atoms with Crippen molar-refractivity contribution < 1.29 is 4.39 Å². The van der Waals surface area contributed by atoms with Gasteiger partial charge in [-0.05, 0) is 48.9 Å². The fourth-order valence-corrected chi connectivity index (χ4v) is 2.92. The molecular formula is C19H13ClFN3. The minimum atomic E-state index is -0.345. The van der Waals surface area contributed by atoms with Gasteiger partial charge < -0.3 is 4.98 Å². The third-order valence-corrected chi connectivity index (χ3v) is 4.19. The monoisotopic (exact) mass is 337 g/mol.